The molecule has 0 aliphatic heterocycles. The predicted octanol–water partition coefficient (Wildman–Crippen LogP) is 1.17. The van der Waals surface area contributed by atoms with E-state index in [0.717, 1.165) is 17.8 Å². The summed E-state index contributed by atoms with van der Waals surface area (Å²) in [5.41, 5.74) is 2.04. The van der Waals surface area contributed by atoms with E-state index in [1.165, 1.54) is 0 Å². The van der Waals surface area contributed by atoms with Crippen molar-refractivity contribution < 1.29 is 9.90 Å². The summed E-state index contributed by atoms with van der Waals surface area (Å²) in [4.78, 5) is 11.7. The van der Waals surface area contributed by atoms with Gasteiger partial charge in [0.15, 0.2) is 0 Å². The van der Waals surface area contributed by atoms with Gasteiger partial charge < -0.3 is 10.4 Å². The molecule has 0 saturated carbocycles. The van der Waals surface area contributed by atoms with E-state index in [-0.39, 0.29) is 18.6 Å². The quantitative estimate of drug-likeness (QED) is 0.766. The Hall–Kier alpha value is -1.36. The number of aryl methyl sites for hydroxylation is 3. The Morgan fingerprint density at radius 1 is 1.56 bits per heavy atom. The average molecular weight is 253 g/mol. The Kier molecular flexibility index (Phi) is 5.85. The summed E-state index contributed by atoms with van der Waals surface area (Å²) >= 11 is 0. The zero-order valence-corrected chi connectivity index (χ0v) is 11.4. The van der Waals surface area contributed by atoms with Crippen molar-refractivity contribution in [1.82, 2.24) is 15.1 Å². The summed E-state index contributed by atoms with van der Waals surface area (Å²) in [7, 11) is 0. The molecule has 102 valence electrons. The number of aromatic nitrogens is 2. The maximum atomic E-state index is 11.7. The lowest BCUT2D eigenvalue weighted by atomic mass is 10.1. The lowest BCUT2D eigenvalue weighted by Crippen LogP contribution is -2.35. The summed E-state index contributed by atoms with van der Waals surface area (Å²) in [6.45, 7) is 6.63. The molecule has 0 spiro atoms. The van der Waals surface area contributed by atoms with Gasteiger partial charge in [-0.15, -0.1) is 0 Å². The van der Waals surface area contributed by atoms with Crippen LogP contribution >= 0.6 is 0 Å². The highest BCUT2D eigenvalue weighted by Gasteiger charge is 2.10. The van der Waals surface area contributed by atoms with Crippen LogP contribution in [-0.4, -0.2) is 33.4 Å². The molecule has 1 aromatic rings. The first kappa shape index (κ1) is 14.7. The minimum atomic E-state index is 0.0165. The van der Waals surface area contributed by atoms with Crippen molar-refractivity contribution in [3.8, 4) is 0 Å². The summed E-state index contributed by atoms with van der Waals surface area (Å²) < 4.78 is 1.85. The predicted molar refractivity (Wildman–Crippen MR) is 70.2 cm³/mol. The van der Waals surface area contributed by atoms with E-state index in [9.17, 15) is 4.79 Å². The van der Waals surface area contributed by atoms with Crippen molar-refractivity contribution in [3.05, 3.63) is 17.5 Å². The minimum Gasteiger partial charge on any atom is -0.396 e. The van der Waals surface area contributed by atoms with Crippen LogP contribution in [0.5, 0.6) is 0 Å². The number of amides is 1. The molecule has 1 heterocycles. The first-order chi connectivity index (χ1) is 8.56. The van der Waals surface area contributed by atoms with Gasteiger partial charge >= 0.3 is 0 Å². The van der Waals surface area contributed by atoms with Gasteiger partial charge in [0.2, 0.25) is 5.91 Å². The third-order valence-electron chi connectivity index (χ3n) is 2.99. The van der Waals surface area contributed by atoms with Gasteiger partial charge in [-0.25, -0.2) is 0 Å². The van der Waals surface area contributed by atoms with E-state index in [1.807, 2.05) is 31.5 Å². The fourth-order valence-corrected chi connectivity index (χ4v) is 1.94. The Balaban J connectivity index is 2.39. The number of nitrogens with one attached hydrogen (secondary N) is 1. The van der Waals surface area contributed by atoms with Gasteiger partial charge in [-0.05, 0) is 32.8 Å². The van der Waals surface area contributed by atoms with Gasteiger partial charge in [-0.2, -0.15) is 5.10 Å². The van der Waals surface area contributed by atoms with E-state index in [4.69, 9.17) is 5.11 Å². The number of carbonyl (C=O) groups excluding carboxylic acids is 1. The molecule has 0 radical (unpaired) electrons. The van der Waals surface area contributed by atoms with Crippen LogP contribution in [0.2, 0.25) is 0 Å². The summed E-state index contributed by atoms with van der Waals surface area (Å²) in [6, 6.07) is 2.07. The molecule has 1 amide bonds. The first-order valence-corrected chi connectivity index (χ1v) is 6.48. The van der Waals surface area contributed by atoms with Crippen LogP contribution in [-0.2, 0) is 11.3 Å². The van der Waals surface area contributed by atoms with Gasteiger partial charge in [0.05, 0.1) is 5.69 Å². The molecule has 0 aliphatic rings. The van der Waals surface area contributed by atoms with E-state index in [1.54, 1.807) is 0 Å². The maximum absolute atomic E-state index is 11.7. The maximum Gasteiger partial charge on any atom is 0.222 e. The summed E-state index contributed by atoms with van der Waals surface area (Å²) in [5.74, 6) is 0.0165. The fraction of sp³-hybridized carbons (Fsp3) is 0.692. The number of hydrogen-bond donors (Lipinski definition) is 2. The van der Waals surface area contributed by atoms with Gasteiger partial charge in [0.1, 0.15) is 0 Å². The zero-order valence-electron chi connectivity index (χ0n) is 11.4. The van der Waals surface area contributed by atoms with Gasteiger partial charge in [0.25, 0.3) is 0 Å². The zero-order chi connectivity index (χ0) is 13.5. The third-order valence-corrected chi connectivity index (χ3v) is 2.99. The standard InChI is InChI=1S/C13H23N3O2/c1-4-12(6-8-17)14-13(18)5-7-16-11(3)9-10(2)15-16/h9,12,17H,4-8H2,1-3H3,(H,14,18). The summed E-state index contributed by atoms with van der Waals surface area (Å²) in [5, 5.41) is 16.1. The van der Waals surface area contributed by atoms with E-state index < -0.39 is 0 Å². The van der Waals surface area contributed by atoms with Crippen molar-refractivity contribution in [2.75, 3.05) is 6.61 Å². The van der Waals surface area contributed by atoms with E-state index >= 15 is 0 Å². The lowest BCUT2D eigenvalue weighted by Gasteiger charge is -2.15. The second kappa shape index (κ2) is 7.16. The van der Waals surface area contributed by atoms with Crippen LogP contribution in [0.3, 0.4) is 0 Å². The largest absolute Gasteiger partial charge is 0.396 e. The highest BCUT2D eigenvalue weighted by Crippen LogP contribution is 2.03. The number of nitrogens with zero attached hydrogens (tertiary/aromatic N) is 2. The topological polar surface area (TPSA) is 67.2 Å². The van der Waals surface area contributed by atoms with Crippen LogP contribution in [0.25, 0.3) is 0 Å². The molecule has 0 aliphatic carbocycles. The Labute approximate surface area is 108 Å². The number of rotatable bonds is 7. The lowest BCUT2D eigenvalue weighted by molar-refractivity contribution is -0.122. The molecule has 1 atom stereocenters. The summed E-state index contributed by atoms with van der Waals surface area (Å²) in [6.07, 6.45) is 1.87. The van der Waals surface area contributed by atoms with Gasteiger partial charge in [0, 0.05) is 31.3 Å². The van der Waals surface area contributed by atoms with Crippen LogP contribution in [0.15, 0.2) is 6.07 Å². The van der Waals surface area contributed by atoms with Crippen molar-refractivity contribution in [2.24, 2.45) is 0 Å². The molecule has 1 aromatic heterocycles. The molecule has 0 aromatic carbocycles. The first-order valence-electron chi connectivity index (χ1n) is 6.48. The minimum absolute atomic E-state index is 0.0165. The SMILES string of the molecule is CCC(CCO)NC(=O)CCn1nc(C)cc1C. The molecule has 5 heteroatoms. The molecule has 0 bridgehead atoms. The molecule has 2 N–H and O–H groups in total. The monoisotopic (exact) mass is 253 g/mol. The van der Waals surface area contributed by atoms with E-state index in [2.05, 4.69) is 10.4 Å². The van der Waals surface area contributed by atoms with Crippen LogP contribution in [0, 0.1) is 13.8 Å². The fourth-order valence-electron chi connectivity index (χ4n) is 1.94. The molecule has 18 heavy (non-hydrogen) atoms. The second-order valence-corrected chi connectivity index (χ2v) is 4.59. The second-order valence-electron chi connectivity index (χ2n) is 4.59. The molecular weight excluding hydrogens is 230 g/mol. The normalized spacial score (nSPS) is 12.4. The van der Waals surface area contributed by atoms with Gasteiger partial charge in [-0.1, -0.05) is 6.92 Å². The van der Waals surface area contributed by atoms with Crippen LogP contribution < -0.4 is 5.32 Å². The number of carbonyl (C=O) groups is 1. The Bertz CT molecular complexity index is 388. The van der Waals surface area contributed by atoms with Gasteiger partial charge in [-0.3, -0.25) is 9.48 Å². The van der Waals surface area contributed by atoms with Crippen molar-refractivity contribution in [2.45, 2.75) is 52.6 Å². The highest BCUT2D eigenvalue weighted by molar-refractivity contribution is 5.76. The highest BCUT2D eigenvalue weighted by atomic mass is 16.3. The molecule has 1 unspecified atom stereocenters. The van der Waals surface area contributed by atoms with Crippen LogP contribution in [0.1, 0.15) is 37.6 Å². The Morgan fingerprint density at radius 2 is 2.28 bits per heavy atom. The van der Waals surface area contributed by atoms with Crippen LogP contribution in [0.4, 0.5) is 0 Å². The molecular formula is C13H23N3O2. The average Bonchev–Trinajstić information content (AvgIpc) is 2.64. The third kappa shape index (κ3) is 4.49. The van der Waals surface area contributed by atoms with Crippen molar-refractivity contribution in [3.63, 3.8) is 0 Å². The van der Waals surface area contributed by atoms with E-state index in [0.29, 0.717) is 19.4 Å². The number of aliphatic hydroxyl groups is 1. The van der Waals surface area contributed by atoms with Crippen molar-refractivity contribution >= 4 is 5.91 Å². The number of aliphatic hydroxyl groups excluding tert-OH is 1. The smallest absolute Gasteiger partial charge is 0.222 e. The molecule has 0 saturated heterocycles. The Morgan fingerprint density at radius 3 is 2.78 bits per heavy atom. The number of hydrogen-bond acceptors (Lipinski definition) is 3. The molecule has 0 fully saturated rings. The van der Waals surface area contributed by atoms with Crippen molar-refractivity contribution in [1.29, 1.82) is 0 Å². The molecule has 1 rings (SSSR count). The molecule has 5 nitrogen and oxygen atoms in total.